The van der Waals surface area contributed by atoms with Crippen molar-refractivity contribution in [3.63, 3.8) is 0 Å². The van der Waals surface area contributed by atoms with Crippen molar-refractivity contribution in [1.82, 2.24) is 0 Å². The van der Waals surface area contributed by atoms with Gasteiger partial charge in [0, 0.05) is 10.6 Å². The van der Waals surface area contributed by atoms with Crippen LogP contribution in [0.3, 0.4) is 0 Å². The van der Waals surface area contributed by atoms with Gasteiger partial charge in [0.1, 0.15) is 11.9 Å². The number of hydrogen-bond acceptors (Lipinski definition) is 6. The lowest BCUT2D eigenvalue weighted by molar-refractivity contribution is -0.123. The number of carbonyl (C=O) groups excluding carboxylic acids is 3. The quantitative estimate of drug-likeness (QED) is 0.362. The molecule has 34 heavy (non-hydrogen) atoms. The predicted molar refractivity (Wildman–Crippen MR) is 127 cm³/mol. The topological polar surface area (TPSA) is 108 Å². The van der Waals surface area contributed by atoms with Crippen molar-refractivity contribution < 1.29 is 23.5 Å². The van der Waals surface area contributed by atoms with Crippen LogP contribution in [0.2, 0.25) is 0 Å². The summed E-state index contributed by atoms with van der Waals surface area (Å²) in [4.78, 5) is 37.9. The Morgan fingerprint density at radius 1 is 1.00 bits per heavy atom. The number of carbonyl (C=O) groups is 3. The summed E-state index contributed by atoms with van der Waals surface area (Å²) in [7, 11) is 0. The molecular formula is C25H20FN3O4S. The minimum atomic E-state index is -1.13. The monoisotopic (exact) mass is 477 g/mol. The van der Waals surface area contributed by atoms with E-state index in [1.54, 1.807) is 42.5 Å². The molecule has 0 aliphatic heterocycles. The summed E-state index contributed by atoms with van der Waals surface area (Å²) in [6.07, 6.45) is -1.13. The SMILES string of the molecule is CC(OC(=O)c1ccccc1SCC(=O)Nc1ccc(F)cc1)C(=O)Nc1ccccc1C#N. The van der Waals surface area contributed by atoms with Crippen LogP contribution >= 0.6 is 11.8 Å². The van der Waals surface area contributed by atoms with E-state index >= 15 is 0 Å². The van der Waals surface area contributed by atoms with Crippen molar-refractivity contribution in [3.05, 3.63) is 89.7 Å². The van der Waals surface area contributed by atoms with Gasteiger partial charge in [0.25, 0.3) is 5.91 Å². The molecule has 0 aliphatic carbocycles. The van der Waals surface area contributed by atoms with Gasteiger partial charge in [-0.3, -0.25) is 9.59 Å². The van der Waals surface area contributed by atoms with E-state index in [-0.39, 0.29) is 22.8 Å². The van der Waals surface area contributed by atoms with Crippen LogP contribution < -0.4 is 10.6 Å². The highest BCUT2D eigenvalue weighted by Crippen LogP contribution is 2.24. The number of anilines is 2. The van der Waals surface area contributed by atoms with Crippen LogP contribution in [0.15, 0.2) is 77.7 Å². The highest BCUT2D eigenvalue weighted by Gasteiger charge is 2.22. The smallest absolute Gasteiger partial charge is 0.340 e. The first-order valence-corrected chi connectivity index (χ1v) is 11.1. The zero-order chi connectivity index (χ0) is 24.5. The molecule has 3 rings (SSSR count). The van der Waals surface area contributed by atoms with Gasteiger partial charge in [-0.1, -0.05) is 24.3 Å². The molecule has 3 aromatic carbocycles. The Bertz CT molecular complexity index is 1240. The molecule has 0 spiro atoms. The molecule has 0 radical (unpaired) electrons. The molecule has 0 heterocycles. The molecule has 0 aliphatic rings. The molecule has 1 unspecified atom stereocenters. The molecule has 2 amide bonds. The number of esters is 1. The average molecular weight is 478 g/mol. The fourth-order valence-corrected chi connectivity index (χ4v) is 3.68. The summed E-state index contributed by atoms with van der Waals surface area (Å²) in [5.74, 6) is -2.04. The maximum atomic E-state index is 13.0. The third-order valence-corrected chi connectivity index (χ3v) is 5.63. The lowest BCUT2D eigenvalue weighted by atomic mass is 10.2. The number of thioether (sulfide) groups is 1. The van der Waals surface area contributed by atoms with Gasteiger partial charge in [-0.2, -0.15) is 5.26 Å². The molecular weight excluding hydrogens is 457 g/mol. The fourth-order valence-electron chi connectivity index (χ4n) is 2.84. The summed E-state index contributed by atoms with van der Waals surface area (Å²) in [6.45, 7) is 1.42. The molecule has 0 saturated carbocycles. The Morgan fingerprint density at radius 3 is 2.41 bits per heavy atom. The van der Waals surface area contributed by atoms with Crippen molar-refractivity contribution in [2.45, 2.75) is 17.9 Å². The normalized spacial score (nSPS) is 11.1. The molecule has 172 valence electrons. The van der Waals surface area contributed by atoms with Crippen molar-refractivity contribution in [3.8, 4) is 6.07 Å². The largest absolute Gasteiger partial charge is 0.449 e. The Morgan fingerprint density at radius 2 is 1.68 bits per heavy atom. The van der Waals surface area contributed by atoms with Gasteiger partial charge in [0.05, 0.1) is 22.6 Å². The average Bonchev–Trinajstić information content (AvgIpc) is 2.84. The van der Waals surface area contributed by atoms with E-state index in [4.69, 9.17) is 10.00 Å². The van der Waals surface area contributed by atoms with Gasteiger partial charge in [0.15, 0.2) is 6.10 Å². The van der Waals surface area contributed by atoms with Gasteiger partial charge in [-0.05, 0) is 55.5 Å². The Labute approximate surface area is 199 Å². The number of nitrogens with zero attached hydrogens (tertiary/aromatic N) is 1. The van der Waals surface area contributed by atoms with Crippen molar-refractivity contribution in [1.29, 1.82) is 5.26 Å². The molecule has 0 saturated heterocycles. The predicted octanol–water partition coefficient (Wildman–Crippen LogP) is 4.61. The van der Waals surface area contributed by atoms with E-state index in [1.165, 1.54) is 37.3 Å². The molecule has 7 nitrogen and oxygen atoms in total. The second-order valence-corrected chi connectivity index (χ2v) is 8.05. The van der Waals surface area contributed by atoms with Gasteiger partial charge in [0.2, 0.25) is 5.91 Å². The second-order valence-electron chi connectivity index (χ2n) is 7.03. The van der Waals surface area contributed by atoms with Crippen molar-refractivity contribution >= 4 is 40.9 Å². The Kier molecular flexibility index (Phi) is 8.37. The highest BCUT2D eigenvalue weighted by molar-refractivity contribution is 8.00. The molecule has 3 aromatic rings. The maximum absolute atomic E-state index is 13.0. The van der Waals surface area contributed by atoms with Gasteiger partial charge in [-0.25, -0.2) is 9.18 Å². The molecule has 0 bridgehead atoms. The van der Waals surface area contributed by atoms with Crippen LogP contribution in [0.5, 0.6) is 0 Å². The van der Waals surface area contributed by atoms with Crippen molar-refractivity contribution in [2.75, 3.05) is 16.4 Å². The number of nitriles is 1. The fraction of sp³-hybridized carbons (Fsp3) is 0.120. The number of halogens is 1. The highest BCUT2D eigenvalue weighted by atomic mass is 32.2. The van der Waals surface area contributed by atoms with Crippen LogP contribution in [-0.4, -0.2) is 29.6 Å². The number of nitrogens with one attached hydrogen (secondary N) is 2. The Hall–Kier alpha value is -4.16. The van der Waals surface area contributed by atoms with Crippen LogP contribution in [0.25, 0.3) is 0 Å². The van der Waals surface area contributed by atoms with E-state index in [0.717, 1.165) is 11.8 Å². The van der Waals surface area contributed by atoms with E-state index in [9.17, 15) is 18.8 Å². The molecule has 0 aromatic heterocycles. The number of para-hydroxylation sites is 1. The number of ether oxygens (including phenoxy) is 1. The van der Waals surface area contributed by atoms with Crippen molar-refractivity contribution in [2.24, 2.45) is 0 Å². The standard InChI is InChI=1S/C25H20FN3O4S/c1-16(24(31)29-21-8-4-2-6-17(21)14-27)33-25(32)20-7-3-5-9-22(20)34-15-23(30)28-19-12-10-18(26)11-13-19/h2-13,16H,15H2,1H3,(H,28,30)(H,29,31). The molecule has 9 heteroatoms. The number of benzene rings is 3. The Balaban J connectivity index is 1.59. The first-order chi connectivity index (χ1) is 16.4. The van der Waals surface area contributed by atoms with E-state index < -0.39 is 23.8 Å². The van der Waals surface area contributed by atoms with Gasteiger partial charge in [-0.15, -0.1) is 11.8 Å². The number of rotatable bonds is 8. The van der Waals surface area contributed by atoms with Crippen LogP contribution in [-0.2, 0) is 14.3 Å². The van der Waals surface area contributed by atoms with E-state index in [1.807, 2.05) is 6.07 Å². The summed E-state index contributed by atoms with van der Waals surface area (Å²) in [5.41, 5.74) is 1.27. The minimum Gasteiger partial charge on any atom is -0.449 e. The first-order valence-electron chi connectivity index (χ1n) is 10.2. The maximum Gasteiger partial charge on any atom is 0.340 e. The third-order valence-electron chi connectivity index (χ3n) is 4.55. The van der Waals surface area contributed by atoms with Crippen LogP contribution in [0.4, 0.5) is 15.8 Å². The van der Waals surface area contributed by atoms with Gasteiger partial charge < -0.3 is 15.4 Å². The molecule has 1 atom stereocenters. The lowest BCUT2D eigenvalue weighted by Gasteiger charge is -2.15. The minimum absolute atomic E-state index is 0.00263. The number of hydrogen-bond donors (Lipinski definition) is 2. The van der Waals surface area contributed by atoms with E-state index in [2.05, 4.69) is 10.6 Å². The zero-order valence-corrected chi connectivity index (χ0v) is 18.9. The summed E-state index contributed by atoms with van der Waals surface area (Å²) >= 11 is 1.13. The first kappa shape index (κ1) is 24.5. The second kappa shape index (κ2) is 11.6. The lowest BCUT2D eigenvalue weighted by Crippen LogP contribution is -2.30. The summed E-state index contributed by atoms with van der Waals surface area (Å²) < 4.78 is 18.3. The zero-order valence-electron chi connectivity index (χ0n) is 18.1. The third kappa shape index (κ3) is 6.67. The summed E-state index contributed by atoms with van der Waals surface area (Å²) in [6, 6.07) is 20.4. The van der Waals surface area contributed by atoms with E-state index in [0.29, 0.717) is 16.3 Å². The summed E-state index contributed by atoms with van der Waals surface area (Å²) in [5, 5.41) is 14.4. The van der Waals surface area contributed by atoms with Gasteiger partial charge >= 0.3 is 5.97 Å². The van der Waals surface area contributed by atoms with Crippen LogP contribution in [0.1, 0.15) is 22.8 Å². The molecule has 2 N–H and O–H groups in total. The number of amides is 2. The molecule has 0 fully saturated rings. The van der Waals surface area contributed by atoms with Crippen LogP contribution in [0, 0.1) is 17.1 Å².